The molecule has 12 aromatic rings. The highest BCUT2D eigenvalue weighted by atomic mass is 16.4. The average molecular weight is 787 g/mol. The molecule has 0 aliphatic rings. The molecule has 8 aromatic carbocycles. The van der Waals surface area contributed by atoms with Crippen LogP contribution in [0.25, 0.3) is 77.7 Å². The van der Waals surface area contributed by atoms with Gasteiger partial charge in [-0.1, -0.05) is 54.6 Å². The number of aromatic nitrogens is 4. The van der Waals surface area contributed by atoms with E-state index in [1.165, 1.54) is 5.39 Å². The van der Waals surface area contributed by atoms with E-state index in [0.717, 1.165) is 94.6 Å². The van der Waals surface area contributed by atoms with Gasteiger partial charge in [-0.25, -0.2) is 9.97 Å². The molecule has 8 heteroatoms. The number of para-hydroxylation sites is 5. The molecule has 0 radical (unpaired) electrons. The highest BCUT2D eigenvalue weighted by Crippen LogP contribution is 2.41. The van der Waals surface area contributed by atoms with Crippen LogP contribution in [0.2, 0.25) is 0 Å². The maximum absolute atomic E-state index is 6.08. The topological polar surface area (TPSA) is 87.2 Å². The molecule has 0 saturated heterocycles. The van der Waals surface area contributed by atoms with E-state index >= 15 is 0 Å². The Morgan fingerprint density at radius 2 is 0.934 bits per heavy atom. The van der Waals surface area contributed by atoms with E-state index < -0.39 is 0 Å². The third-order valence-electron chi connectivity index (χ3n) is 11.3. The number of fused-ring (bicyclic) bond motifs is 6. The highest BCUT2D eigenvalue weighted by molar-refractivity contribution is 6.13. The molecule has 0 atom stereocenters. The molecule has 0 bridgehead atoms. The Hall–Kier alpha value is -8.49. The van der Waals surface area contributed by atoms with Crippen molar-refractivity contribution in [2.45, 2.75) is 0 Å². The second kappa shape index (κ2) is 14.1. The summed E-state index contributed by atoms with van der Waals surface area (Å²) in [4.78, 5) is 22.2. The summed E-state index contributed by atoms with van der Waals surface area (Å²) < 4.78 is 12.1. The van der Waals surface area contributed by atoms with Gasteiger partial charge >= 0.3 is 0 Å². The number of benzene rings is 8. The summed E-state index contributed by atoms with van der Waals surface area (Å²) in [5.41, 5.74) is 13.3. The number of pyridine rings is 1. The van der Waals surface area contributed by atoms with Gasteiger partial charge in [-0.15, -0.1) is 0 Å². The monoisotopic (exact) mass is 786 g/mol. The number of hydrogen-bond acceptors (Lipinski definition) is 7. The summed E-state index contributed by atoms with van der Waals surface area (Å²) in [5, 5.41) is 4.63. The lowest BCUT2D eigenvalue weighted by molar-refractivity contribution is 0.619. The van der Waals surface area contributed by atoms with Crippen molar-refractivity contribution >= 4 is 88.9 Å². The number of nitrogens with one attached hydrogen (secondary N) is 1. The Morgan fingerprint density at radius 3 is 1.57 bits per heavy atom. The third-order valence-corrected chi connectivity index (χ3v) is 11.3. The van der Waals surface area contributed by atoms with Crippen LogP contribution < -0.4 is 9.80 Å². The smallest absolute Gasteiger partial charge is 0.227 e. The molecule has 0 spiro atoms. The van der Waals surface area contributed by atoms with Crippen molar-refractivity contribution in [3.05, 3.63) is 200 Å². The van der Waals surface area contributed by atoms with Crippen molar-refractivity contribution in [1.82, 2.24) is 19.9 Å². The lowest BCUT2D eigenvalue weighted by atomic mass is 10.0. The van der Waals surface area contributed by atoms with Crippen LogP contribution in [-0.4, -0.2) is 19.9 Å². The molecular formula is C53H34N6O2. The number of H-pyrrole nitrogens is 1. The molecule has 1 N–H and O–H groups in total. The van der Waals surface area contributed by atoms with Crippen LogP contribution in [0.4, 0.5) is 34.1 Å². The summed E-state index contributed by atoms with van der Waals surface area (Å²) in [6, 6.07) is 64.7. The van der Waals surface area contributed by atoms with Gasteiger partial charge in [0.15, 0.2) is 11.2 Å². The fourth-order valence-corrected chi connectivity index (χ4v) is 8.36. The first kappa shape index (κ1) is 34.5. The number of nitrogens with zero attached hydrogens (tertiary/aromatic N) is 5. The quantitative estimate of drug-likeness (QED) is 0.164. The zero-order chi connectivity index (χ0) is 40.3. The molecule has 0 fully saturated rings. The first-order chi connectivity index (χ1) is 30.2. The van der Waals surface area contributed by atoms with E-state index in [-0.39, 0.29) is 0 Å². The Balaban J connectivity index is 0.903. The van der Waals surface area contributed by atoms with Gasteiger partial charge in [-0.05, 0) is 144 Å². The second-order valence-electron chi connectivity index (χ2n) is 15.1. The van der Waals surface area contributed by atoms with Gasteiger partial charge in [0.2, 0.25) is 11.8 Å². The van der Waals surface area contributed by atoms with E-state index in [1.54, 1.807) is 6.20 Å². The van der Waals surface area contributed by atoms with Gasteiger partial charge in [0.25, 0.3) is 0 Å². The van der Waals surface area contributed by atoms with Crippen molar-refractivity contribution in [3.8, 4) is 22.9 Å². The summed E-state index contributed by atoms with van der Waals surface area (Å²) in [5.74, 6) is 1.20. The van der Waals surface area contributed by atoms with Gasteiger partial charge in [0, 0.05) is 67.6 Å². The Labute approximate surface area is 349 Å². The van der Waals surface area contributed by atoms with Crippen molar-refractivity contribution < 1.29 is 8.83 Å². The van der Waals surface area contributed by atoms with E-state index in [0.29, 0.717) is 11.8 Å². The van der Waals surface area contributed by atoms with Crippen molar-refractivity contribution in [3.63, 3.8) is 0 Å². The molecular weight excluding hydrogens is 753 g/mol. The molecule has 4 heterocycles. The number of oxazole rings is 2. The lowest BCUT2D eigenvalue weighted by Gasteiger charge is -2.26. The summed E-state index contributed by atoms with van der Waals surface area (Å²) >= 11 is 0. The minimum atomic E-state index is 0.596. The molecule has 0 aliphatic heterocycles. The Bertz CT molecular complexity index is 3310. The maximum atomic E-state index is 6.08. The standard InChI is InChI=1S/C53H34N6O2/c1-2-9-38(10-3-1)58(39-21-16-34(17-22-39)52-56-46-12-4-6-14-50(46)60-52)41-25-20-36-30-45-44-27-26-42(32-49(44)55-48(45)31-37(36)29-41)59(43-11-8-28-54-33-43)40-23-18-35(19-24-40)53-57-47-13-5-7-15-51(47)61-53/h1-33,55H. The van der Waals surface area contributed by atoms with E-state index in [1.807, 2.05) is 66.9 Å². The SMILES string of the molecule is c1ccc(N(c2ccc(-c3nc4ccccc4o3)cc2)c2ccc3cc4c(cc3c2)[nH]c2cc(N(c3ccc(-c5nc6ccccc6o5)cc3)c3cccnc3)ccc24)cc1. The fraction of sp³-hybridized carbons (Fsp3) is 0. The Morgan fingerprint density at radius 1 is 0.393 bits per heavy atom. The average Bonchev–Trinajstić information content (AvgIpc) is 4.05. The van der Waals surface area contributed by atoms with E-state index in [2.05, 4.69) is 147 Å². The maximum Gasteiger partial charge on any atom is 0.227 e. The third kappa shape index (κ3) is 6.13. The molecule has 4 aromatic heterocycles. The zero-order valence-corrected chi connectivity index (χ0v) is 32.6. The molecule has 61 heavy (non-hydrogen) atoms. The van der Waals surface area contributed by atoms with Crippen molar-refractivity contribution in [1.29, 1.82) is 0 Å². The van der Waals surface area contributed by atoms with Crippen molar-refractivity contribution in [2.24, 2.45) is 0 Å². The predicted molar refractivity (Wildman–Crippen MR) is 246 cm³/mol. The van der Waals surface area contributed by atoms with Crippen LogP contribution in [0.15, 0.2) is 209 Å². The van der Waals surface area contributed by atoms with Gasteiger partial charge in [-0.2, -0.15) is 0 Å². The van der Waals surface area contributed by atoms with Gasteiger partial charge in [-0.3, -0.25) is 4.98 Å². The summed E-state index contributed by atoms with van der Waals surface area (Å²) in [6.07, 6.45) is 3.69. The van der Waals surface area contributed by atoms with Crippen LogP contribution in [0.1, 0.15) is 0 Å². The highest BCUT2D eigenvalue weighted by Gasteiger charge is 2.18. The largest absolute Gasteiger partial charge is 0.436 e. The number of hydrogen-bond donors (Lipinski definition) is 1. The zero-order valence-electron chi connectivity index (χ0n) is 32.6. The van der Waals surface area contributed by atoms with Crippen LogP contribution >= 0.6 is 0 Å². The molecule has 0 unspecified atom stereocenters. The van der Waals surface area contributed by atoms with Gasteiger partial charge in [0.1, 0.15) is 11.0 Å². The van der Waals surface area contributed by atoms with E-state index in [4.69, 9.17) is 18.8 Å². The molecule has 0 saturated carbocycles. The van der Waals surface area contributed by atoms with Crippen LogP contribution in [0.5, 0.6) is 0 Å². The second-order valence-corrected chi connectivity index (χ2v) is 15.1. The molecule has 12 rings (SSSR count). The molecule has 0 aliphatic carbocycles. The van der Waals surface area contributed by atoms with E-state index in [9.17, 15) is 0 Å². The number of rotatable bonds is 8. The predicted octanol–water partition coefficient (Wildman–Crippen LogP) is 14.4. The van der Waals surface area contributed by atoms with Crippen LogP contribution in [0, 0.1) is 0 Å². The number of anilines is 6. The summed E-state index contributed by atoms with van der Waals surface area (Å²) in [7, 11) is 0. The normalized spacial score (nSPS) is 11.6. The first-order valence-corrected chi connectivity index (χ1v) is 20.2. The minimum absolute atomic E-state index is 0.596. The fourth-order valence-electron chi connectivity index (χ4n) is 8.36. The van der Waals surface area contributed by atoms with Crippen LogP contribution in [0.3, 0.4) is 0 Å². The Kier molecular flexibility index (Phi) is 7.99. The molecule has 8 nitrogen and oxygen atoms in total. The molecule has 0 amide bonds. The molecule has 288 valence electrons. The minimum Gasteiger partial charge on any atom is -0.436 e. The van der Waals surface area contributed by atoms with Crippen molar-refractivity contribution in [2.75, 3.05) is 9.80 Å². The van der Waals surface area contributed by atoms with Gasteiger partial charge < -0.3 is 23.6 Å². The van der Waals surface area contributed by atoms with Crippen LogP contribution in [-0.2, 0) is 0 Å². The van der Waals surface area contributed by atoms with Gasteiger partial charge in [0.05, 0.1) is 11.9 Å². The summed E-state index contributed by atoms with van der Waals surface area (Å²) in [6.45, 7) is 0. The number of aromatic amines is 1. The first-order valence-electron chi connectivity index (χ1n) is 20.2. The lowest BCUT2D eigenvalue weighted by Crippen LogP contribution is -2.10.